The van der Waals surface area contributed by atoms with E-state index in [-0.39, 0.29) is 0 Å². The van der Waals surface area contributed by atoms with Gasteiger partial charge in [0.05, 0.1) is 0 Å². The van der Waals surface area contributed by atoms with Crippen LogP contribution in [0.15, 0.2) is 0 Å². The predicted octanol–water partition coefficient (Wildman–Crippen LogP) is 6.98. The number of unbranched alkanes of at least 4 members (excludes halogenated alkanes) is 5. The van der Waals surface area contributed by atoms with Crippen LogP contribution in [0.25, 0.3) is 0 Å². The smallest absolute Gasteiger partial charge is 0.0412 e. The third kappa shape index (κ3) is 11.1. The van der Waals surface area contributed by atoms with Crippen LogP contribution in [0, 0.1) is 11.8 Å². The van der Waals surface area contributed by atoms with E-state index in [1.54, 1.807) is 0 Å². The van der Waals surface area contributed by atoms with Gasteiger partial charge in [0, 0.05) is 0 Å². The number of hydrogen-bond acceptors (Lipinski definition) is 0. The summed E-state index contributed by atoms with van der Waals surface area (Å²) >= 11 is 0. The van der Waals surface area contributed by atoms with E-state index in [9.17, 15) is 0 Å². The highest BCUT2D eigenvalue weighted by molar-refractivity contribution is 4.65. The van der Waals surface area contributed by atoms with Gasteiger partial charge < -0.3 is 0 Å². The highest BCUT2D eigenvalue weighted by Crippen LogP contribution is 2.26. The van der Waals surface area contributed by atoms with E-state index < -0.39 is 0 Å². The van der Waals surface area contributed by atoms with Gasteiger partial charge in [0.1, 0.15) is 0 Å². The molecular formula is C18H38. The average Bonchev–Trinajstić information content (AvgIpc) is 2.36. The van der Waals surface area contributed by atoms with Crippen LogP contribution < -0.4 is 0 Å². The molecule has 0 saturated carbocycles. The first kappa shape index (κ1) is 18.0. The predicted molar refractivity (Wildman–Crippen MR) is 85.1 cm³/mol. The molecule has 0 aliphatic heterocycles. The molecule has 0 rings (SSSR count). The molecule has 0 nitrogen and oxygen atoms in total. The number of hydrogen-bond donors (Lipinski definition) is 0. The van der Waals surface area contributed by atoms with Gasteiger partial charge in [-0.1, -0.05) is 98.3 Å². The molecule has 0 aliphatic rings. The summed E-state index contributed by atoms with van der Waals surface area (Å²) < 4.78 is 0. The van der Waals surface area contributed by atoms with Crippen molar-refractivity contribution < 1.29 is 0 Å². The molecule has 0 aromatic carbocycles. The second-order valence-electron chi connectivity index (χ2n) is 6.34. The third-order valence-electron chi connectivity index (χ3n) is 4.22. The van der Waals surface area contributed by atoms with Crippen molar-refractivity contribution in [2.75, 3.05) is 0 Å². The molecule has 0 spiro atoms. The Morgan fingerprint density at radius 3 is 1.67 bits per heavy atom. The molecule has 2 atom stereocenters. The van der Waals surface area contributed by atoms with Crippen LogP contribution in [0.5, 0.6) is 0 Å². The van der Waals surface area contributed by atoms with Crippen molar-refractivity contribution in [2.45, 2.75) is 105 Å². The topological polar surface area (TPSA) is 0 Å². The summed E-state index contributed by atoms with van der Waals surface area (Å²) in [5.41, 5.74) is 0. The van der Waals surface area contributed by atoms with Crippen molar-refractivity contribution in [1.82, 2.24) is 0 Å². The van der Waals surface area contributed by atoms with E-state index in [0.29, 0.717) is 0 Å². The van der Waals surface area contributed by atoms with Gasteiger partial charge in [-0.15, -0.1) is 0 Å². The molecule has 2 unspecified atom stereocenters. The summed E-state index contributed by atoms with van der Waals surface area (Å²) in [6.45, 7) is 9.43. The van der Waals surface area contributed by atoms with Gasteiger partial charge in [0.25, 0.3) is 0 Å². The number of rotatable bonds is 13. The van der Waals surface area contributed by atoms with Crippen molar-refractivity contribution >= 4 is 0 Å². The molecule has 0 radical (unpaired) electrons. The standard InChI is InChI=1S/C18H38/c1-5-8-11-13-17(4)16-18(14-10-7-3)15-12-9-6-2/h17-18H,5-16H2,1-4H3. The van der Waals surface area contributed by atoms with E-state index in [2.05, 4.69) is 27.7 Å². The van der Waals surface area contributed by atoms with E-state index >= 15 is 0 Å². The fraction of sp³-hybridized carbons (Fsp3) is 1.00. The zero-order chi connectivity index (χ0) is 13.6. The van der Waals surface area contributed by atoms with Gasteiger partial charge >= 0.3 is 0 Å². The van der Waals surface area contributed by atoms with Gasteiger partial charge in [-0.05, 0) is 18.3 Å². The summed E-state index contributed by atoms with van der Waals surface area (Å²) in [4.78, 5) is 0. The van der Waals surface area contributed by atoms with Crippen LogP contribution in [0.1, 0.15) is 105 Å². The Kier molecular flexibility index (Phi) is 13.4. The lowest BCUT2D eigenvalue weighted by atomic mass is 9.85. The fourth-order valence-electron chi connectivity index (χ4n) is 2.99. The fourth-order valence-corrected chi connectivity index (χ4v) is 2.99. The SMILES string of the molecule is CCCCCC(C)CC(CCCC)CCCCC. The molecule has 0 aromatic rings. The van der Waals surface area contributed by atoms with E-state index in [1.807, 2.05) is 0 Å². The van der Waals surface area contributed by atoms with Crippen LogP contribution in [0.2, 0.25) is 0 Å². The Hall–Kier alpha value is 0. The Bertz CT molecular complexity index is 150. The first-order valence-electron chi connectivity index (χ1n) is 8.74. The minimum atomic E-state index is 0.958. The highest BCUT2D eigenvalue weighted by atomic mass is 14.2. The maximum absolute atomic E-state index is 2.48. The van der Waals surface area contributed by atoms with Crippen LogP contribution >= 0.6 is 0 Å². The maximum atomic E-state index is 2.48. The monoisotopic (exact) mass is 254 g/mol. The van der Waals surface area contributed by atoms with Gasteiger partial charge in [0.2, 0.25) is 0 Å². The maximum Gasteiger partial charge on any atom is -0.0412 e. The quantitative estimate of drug-likeness (QED) is 0.311. The van der Waals surface area contributed by atoms with Crippen molar-refractivity contribution in [3.05, 3.63) is 0 Å². The minimum Gasteiger partial charge on any atom is -0.0654 e. The largest absolute Gasteiger partial charge is 0.0654 e. The normalized spacial score (nSPS) is 14.7. The molecule has 18 heavy (non-hydrogen) atoms. The zero-order valence-corrected chi connectivity index (χ0v) is 13.6. The Balaban J connectivity index is 3.80. The summed E-state index contributed by atoms with van der Waals surface area (Å²) in [5.74, 6) is 1.98. The molecule has 0 bridgehead atoms. The van der Waals surface area contributed by atoms with Crippen LogP contribution in [-0.4, -0.2) is 0 Å². The molecule has 0 fully saturated rings. The summed E-state index contributed by atoms with van der Waals surface area (Å²) in [6.07, 6.45) is 17.3. The lowest BCUT2D eigenvalue weighted by Gasteiger charge is -2.21. The third-order valence-corrected chi connectivity index (χ3v) is 4.22. The van der Waals surface area contributed by atoms with Gasteiger partial charge in [-0.2, -0.15) is 0 Å². The molecule has 0 amide bonds. The first-order valence-corrected chi connectivity index (χ1v) is 8.74. The first-order chi connectivity index (χ1) is 8.74. The molecule has 0 aromatic heterocycles. The summed E-state index contributed by atoms with van der Waals surface area (Å²) in [6, 6.07) is 0. The van der Waals surface area contributed by atoms with Crippen LogP contribution in [-0.2, 0) is 0 Å². The second kappa shape index (κ2) is 13.4. The van der Waals surface area contributed by atoms with Crippen molar-refractivity contribution in [2.24, 2.45) is 11.8 Å². The van der Waals surface area contributed by atoms with Crippen molar-refractivity contribution in [3.63, 3.8) is 0 Å². The van der Waals surface area contributed by atoms with E-state index in [0.717, 1.165) is 11.8 Å². The van der Waals surface area contributed by atoms with Gasteiger partial charge in [-0.25, -0.2) is 0 Å². The zero-order valence-electron chi connectivity index (χ0n) is 13.6. The van der Waals surface area contributed by atoms with Crippen molar-refractivity contribution in [3.8, 4) is 0 Å². The molecule has 0 N–H and O–H groups in total. The van der Waals surface area contributed by atoms with Gasteiger partial charge in [0.15, 0.2) is 0 Å². The highest BCUT2D eigenvalue weighted by Gasteiger charge is 2.12. The Morgan fingerprint density at radius 1 is 0.611 bits per heavy atom. The molecule has 0 saturated heterocycles. The summed E-state index contributed by atoms with van der Waals surface area (Å²) in [7, 11) is 0. The average molecular weight is 255 g/mol. The van der Waals surface area contributed by atoms with E-state index in [4.69, 9.17) is 0 Å². The Morgan fingerprint density at radius 2 is 1.11 bits per heavy atom. The van der Waals surface area contributed by atoms with E-state index in [1.165, 1.54) is 77.0 Å². The Labute approximate surface area is 117 Å². The molecule has 110 valence electrons. The van der Waals surface area contributed by atoms with Crippen molar-refractivity contribution in [1.29, 1.82) is 0 Å². The van der Waals surface area contributed by atoms with Crippen LogP contribution in [0.4, 0.5) is 0 Å². The molecule has 0 heteroatoms. The summed E-state index contributed by atoms with van der Waals surface area (Å²) in [5, 5.41) is 0. The molecule has 0 aliphatic carbocycles. The lowest BCUT2D eigenvalue weighted by molar-refractivity contribution is 0.317. The minimum absolute atomic E-state index is 0.958. The molecular weight excluding hydrogens is 216 g/mol. The van der Waals surface area contributed by atoms with Gasteiger partial charge in [-0.3, -0.25) is 0 Å². The second-order valence-corrected chi connectivity index (χ2v) is 6.34. The van der Waals surface area contributed by atoms with Crippen LogP contribution in [0.3, 0.4) is 0 Å². The lowest BCUT2D eigenvalue weighted by Crippen LogP contribution is -2.07. The molecule has 0 heterocycles.